The second-order valence-electron chi connectivity index (χ2n) is 8.63. The van der Waals surface area contributed by atoms with Gasteiger partial charge >= 0.3 is 0 Å². The lowest BCUT2D eigenvalue weighted by atomic mass is 10.0. The number of carbonyl (C=O) groups excluding carboxylic acids is 3. The molecule has 34 heavy (non-hydrogen) atoms. The molecule has 3 amide bonds. The highest BCUT2D eigenvalue weighted by Gasteiger charge is 2.31. The van der Waals surface area contributed by atoms with E-state index in [1.54, 1.807) is 31.5 Å². The van der Waals surface area contributed by atoms with Crippen molar-refractivity contribution in [2.45, 2.75) is 46.1 Å². The van der Waals surface area contributed by atoms with E-state index >= 15 is 0 Å². The van der Waals surface area contributed by atoms with Crippen LogP contribution in [0.15, 0.2) is 48.7 Å². The van der Waals surface area contributed by atoms with E-state index in [1.165, 1.54) is 4.90 Å². The fraction of sp³-hybridized carbons (Fsp3) is 0.462. The summed E-state index contributed by atoms with van der Waals surface area (Å²) in [6.45, 7) is 7.18. The van der Waals surface area contributed by atoms with Crippen molar-refractivity contribution in [2.75, 3.05) is 32.1 Å². The van der Waals surface area contributed by atoms with Crippen molar-refractivity contribution in [1.82, 2.24) is 15.2 Å². The lowest BCUT2D eigenvalue weighted by Crippen LogP contribution is -2.45. The fourth-order valence-electron chi connectivity index (χ4n) is 3.40. The third-order valence-electron chi connectivity index (χ3n) is 5.33. The fourth-order valence-corrected chi connectivity index (χ4v) is 3.40. The van der Waals surface area contributed by atoms with E-state index in [4.69, 9.17) is 4.74 Å². The highest BCUT2D eigenvalue weighted by atomic mass is 16.5. The molecule has 1 aromatic heterocycles. The van der Waals surface area contributed by atoms with Crippen molar-refractivity contribution < 1.29 is 19.1 Å². The Kier molecular flexibility index (Phi) is 11.2. The van der Waals surface area contributed by atoms with Crippen molar-refractivity contribution in [3.05, 3.63) is 59.8 Å². The van der Waals surface area contributed by atoms with E-state index in [9.17, 15) is 14.4 Å². The molecule has 8 heteroatoms. The second kappa shape index (κ2) is 14.1. The zero-order valence-corrected chi connectivity index (χ0v) is 20.5. The summed E-state index contributed by atoms with van der Waals surface area (Å²) < 4.78 is 5.21. The number of aromatic nitrogens is 1. The van der Waals surface area contributed by atoms with Gasteiger partial charge in [0.05, 0.1) is 6.61 Å². The molecule has 8 nitrogen and oxygen atoms in total. The standard InChI is InChI=1S/C26H36N4O4/c1-19(2)14-16-28-26(33)25(21-10-8-20(3)9-11-21)30(17-18-34-4)24(32)13-12-23(31)29-22-7-5-6-15-27-22/h5-11,15,19,25H,12-14,16-18H2,1-4H3,(H,28,33)(H,27,29,31)/t25-/m0/s1. The van der Waals surface area contributed by atoms with Gasteiger partial charge < -0.3 is 20.3 Å². The summed E-state index contributed by atoms with van der Waals surface area (Å²) in [5.74, 6) is 0.0249. The first-order valence-electron chi connectivity index (χ1n) is 11.7. The van der Waals surface area contributed by atoms with Gasteiger partial charge in [0.25, 0.3) is 0 Å². The van der Waals surface area contributed by atoms with Crippen molar-refractivity contribution >= 4 is 23.5 Å². The third-order valence-corrected chi connectivity index (χ3v) is 5.33. The second-order valence-corrected chi connectivity index (χ2v) is 8.63. The van der Waals surface area contributed by atoms with E-state index < -0.39 is 6.04 Å². The van der Waals surface area contributed by atoms with Crippen LogP contribution in [0.5, 0.6) is 0 Å². The smallest absolute Gasteiger partial charge is 0.247 e. The number of rotatable bonds is 13. The quantitative estimate of drug-likeness (QED) is 0.469. The van der Waals surface area contributed by atoms with Gasteiger partial charge in [-0.25, -0.2) is 4.98 Å². The van der Waals surface area contributed by atoms with E-state index in [2.05, 4.69) is 29.5 Å². The number of nitrogens with one attached hydrogen (secondary N) is 2. The zero-order chi connectivity index (χ0) is 24.9. The van der Waals surface area contributed by atoms with Gasteiger partial charge in [-0.15, -0.1) is 0 Å². The van der Waals surface area contributed by atoms with Crippen LogP contribution in [0.4, 0.5) is 5.82 Å². The lowest BCUT2D eigenvalue weighted by Gasteiger charge is -2.31. The molecule has 0 fully saturated rings. The Morgan fingerprint density at radius 2 is 1.79 bits per heavy atom. The Labute approximate surface area is 202 Å². The molecule has 2 aromatic rings. The molecular weight excluding hydrogens is 432 g/mol. The molecule has 0 unspecified atom stereocenters. The number of aryl methyl sites for hydroxylation is 1. The molecule has 1 aromatic carbocycles. The predicted molar refractivity (Wildman–Crippen MR) is 132 cm³/mol. The van der Waals surface area contributed by atoms with Gasteiger partial charge in [0.15, 0.2) is 0 Å². The van der Waals surface area contributed by atoms with Crippen LogP contribution < -0.4 is 10.6 Å². The molecule has 2 N–H and O–H groups in total. The monoisotopic (exact) mass is 468 g/mol. The number of hydrogen-bond donors (Lipinski definition) is 2. The number of hydrogen-bond acceptors (Lipinski definition) is 5. The maximum atomic E-state index is 13.3. The summed E-state index contributed by atoms with van der Waals surface area (Å²) in [5.41, 5.74) is 1.78. The number of amides is 3. The molecule has 0 bridgehead atoms. The number of pyridine rings is 1. The predicted octanol–water partition coefficient (Wildman–Crippen LogP) is 3.49. The topological polar surface area (TPSA) is 101 Å². The number of benzene rings is 1. The number of ether oxygens (including phenoxy) is 1. The summed E-state index contributed by atoms with van der Waals surface area (Å²) in [6, 6.07) is 12.0. The van der Waals surface area contributed by atoms with E-state index in [-0.39, 0.29) is 43.7 Å². The van der Waals surface area contributed by atoms with Crippen molar-refractivity contribution in [3.63, 3.8) is 0 Å². The Bertz CT molecular complexity index is 916. The van der Waals surface area contributed by atoms with Crippen LogP contribution >= 0.6 is 0 Å². The Balaban J connectivity index is 2.18. The molecule has 0 saturated heterocycles. The molecule has 0 aliphatic heterocycles. The highest BCUT2D eigenvalue weighted by molar-refractivity contribution is 5.94. The molecule has 0 saturated carbocycles. The molecule has 0 aliphatic carbocycles. The summed E-state index contributed by atoms with van der Waals surface area (Å²) in [6.07, 6.45) is 2.36. The van der Waals surface area contributed by atoms with Crippen molar-refractivity contribution in [1.29, 1.82) is 0 Å². The molecule has 184 valence electrons. The Hall–Kier alpha value is -3.26. The number of nitrogens with zero attached hydrogens (tertiary/aromatic N) is 2. The minimum absolute atomic E-state index is 0.0194. The van der Waals surface area contributed by atoms with Crippen LogP contribution in [-0.4, -0.2) is 54.4 Å². The first-order chi connectivity index (χ1) is 16.3. The summed E-state index contributed by atoms with van der Waals surface area (Å²) in [7, 11) is 1.55. The first kappa shape index (κ1) is 27.0. The van der Waals surface area contributed by atoms with Gasteiger partial charge in [0.2, 0.25) is 17.7 Å². The van der Waals surface area contributed by atoms with Gasteiger partial charge in [0, 0.05) is 39.2 Å². The molecular formula is C26H36N4O4. The normalized spacial score (nSPS) is 11.7. The van der Waals surface area contributed by atoms with E-state index in [0.29, 0.717) is 18.3 Å². The average Bonchev–Trinajstić information content (AvgIpc) is 2.81. The molecule has 2 rings (SSSR count). The molecule has 1 atom stereocenters. The molecule has 0 radical (unpaired) electrons. The maximum Gasteiger partial charge on any atom is 0.247 e. The van der Waals surface area contributed by atoms with Crippen LogP contribution in [0.1, 0.15) is 50.3 Å². The number of methoxy groups -OCH3 is 1. The van der Waals surface area contributed by atoms with Crippen molar-refractivity contribution in [2.24, 2.45) is 5.92 Å². The number of anilines is 1. The van der Waals surface area contributed by atoms with Gasteiger partial charge in [-0.1, -0.05) is 49.7 Å². The van der Waals surface area contributed by atoms with Crippen LogP contribution in [0.2, 0.25) is 0 Å². The van der Waals surface area contributed by atoms with Crippen LogP contribution in [0.3, 0.4) is 0 Å². The van der Waals surface area contributed by atoms with E-state index in [1.807, 2.05) is 31.2 Å². The SMILES string of the molecule is COCCN(C(=O)CCC(=O)Nc1ccccn1)[C@H](C(=O)NCCC(C)C)c1ccc(C)cc1. The average molecular weight is 469 g/mol. The van der Waals surface area contributed by atoms with Gasteiger partial charge in [-0.05, 0) is 37.0 Å². The highest BCUT2D eigenvalue weighted by Crippen LogP contribution is 2.23. The van der Waals surface area contributed by atoms with Gasteiger partial charge in [-0.3, -0.25) is 14.4 Å². The number of carbonyl (C=O) groups is 3. The Morgan fingerprint density at radius 3 is 2.41 bits per heavy atom. The minimum Gasteiger partial charge on any atom is -0.383 e. The largest absolute Gasteiger partial charge is 0.383 e. The maximum absolute atomic E-state index is 13.3. The summed E-state index contributed by atoms with van der Waals surface area (Å²) >= 11 is 0. The van der Waals surface area contributed by atoms with Crippen molar-refractivity contribution in [3.8, 4) is 0 Å². The van der Waals surface area contributed by atoms with Crippen LogP contribution in [0, 0.1) is 12.8 Å². The molecule has 0 spiro atoms. The summed E-state index contributed by atoms with van der Waals surface area (Å²) in [5, 5.41) is 5.66. The third kappa shape index (κ3) is 8.94. The minimum atomic E-state index is -0.811. The molecule has 0 aliphatic rings. The van der Waals surface area contributed by atoms with Crippen LogP contribution in [-0.2, 0) is 19.1 Å². The first-order valence-corrected chi connectivity index (χ1v) is 11.7. The zero-order valence-electron chi connectivity index (χ0n) is 20.5. The van der Waals surface area contributed by atoms with Crippen LogP contribution in [0.25, 0.3) is 0 Å². The lowest BCUT2D eigenvalue weighted by molar-refractivity contribution is -0.142. The Morgan fingerprint density at radius 1 is 1.06 bits per heavy atom. The summed E-state index contributed by atoms with van der Waals surface area (Å²) in [4.78, 5) is 44.4. The van der Waals surface area contributed by atoms with E-state index in [0.717, 1.165) is 17.5 Å². The van der Waals surface area contributed by atoms with Gasteiger partial charge in [-0.2, -0.15) is 0 Å². The molecule has 1 heterocycles. The van der Waals surface area contributed by atoms with Gasteiger partial charge in [0.1, 0.15) is 11.9 Å².